The lowest BCUT2D eigenvalue weighted by atomic mass is 9.99. The Morgan fingerprint density at radius 3 is 3.00 bits per heavy atom. The van der Waals surface area contributed by atoms with Gasteiger partial charge in [-0.1, -0.05) is 0 Å². The van der Waals surface area contributed by atoms with Crippen molar-refractivity contribution in [1.82, 2.24) is 14.6 Å². The summed E-state index contributed by atoms with van der Waals surface area (Å²) in [5, 5.41) is 2.58. The quantitative estimate of drug-likeness (QED) is 0.793. The molecule has 1 aliphatic rings. The molecule has 2 rings (SSSR count). The first-order valence-corrected chi connectivity index (χ1v) is 8.30. The molecule has 1 aromatic rings. The number of amides is 1. The molecule has 2 heterocycles. The molecule has 1 aliphatic heterocycles. The van der Waals surface area contributed by atoms with E-state index in [1.54, 1.807) is 13.1 Å². The molecule has 1 saturated heterocycles. The molecule has 1 atom stereocenters. The van der Waals surface area contributed by atoms with Crippen LogP contribution in [0.4, 0.5) is 0 Å². The smallest absolute Gasteiger partial charge is 0.244 e. The van der Waals surface area contributed by atoms with E-state index in [-0.39, 0.29) is 29.8 Å². The van der Waals surface area contributed by atoms with Gasteiger partial charge < -0.3 is 11.1 Å². The number of aromatic nitrogens is 1. The van der Waals surface area contributed by atoms with Crippen molar-refractivity contribution in [2.75, 3.05) is 20.1 Å². The van der Waals surface area contributed by atoms with E-state index in [0.29, 0.717) is 25.1 Å². The highest BCUT2D eigenvalue weighted by molar-refractivity contribution is 7.89. The van der Waals surface area contributed by atoms with Gasteiger partial charge in [0.25, 0.3) is 0 Å². The molecular formula is C13H20N4O3S. The largest absolute Gasteiger partial charge is 0.359 e. The van der Waals surface area contributed by atoms with Gasteiger partial charge in [0.15, 0.2) is 0 Å². The molecule has 21 heavy (non-hydrogen) atoms. The minimum atomic E-state index is -3.67. The predicted molar refractivity (Wildman–Crippen MR) is 77.7 cm³/mol. The molecule has 0 aromatic carbocycles. The molecular weight excluding hydrogens is 292 g/mol. The third-order valence-electron chi connectivity index (χ3n) is 3.66. The summed E-state index contributed by atoms with van der Waals surface area (Å²) in [6.07, 6.45) is 2.88. The van der Waals surface area contributed by atoms with Crippen LogP contribution in [0.25, 0.3) is 0 Å². The van der Waals surface area contributed by atoms with Crippen molar-refractivity contribution in [3.8, 4) is 0 Å². The number of hydrogen-bond acceptors (Lipinski definition) is 5. The SMILES string of the molecule is CNC(=O)C1CCCN(S(=O)(=O)c2cccnc2CN)C1. The Kier molecular flexibility index (Phi) is 4.92. The fourth-order valence-electron chi connectivity index (χ4n) is 2.53. The van der Waals surface area contributed by atoms with Gasteiger partial charge in [0, 0.05) is 32.9 Å². The van der Waals surface area contributed by atoms with Crippen LogP contribution >= 0.6 is 0 Å². The molecule has 0 radical (unpaired) electrons. The minimum Gasteiger partial charge on any atom is -0.359 e. The summed E-state index contributed by atoms with van der Waals surface area (Å²) in [4.78, 5) is 15.9. The number of pyridine rings is 1. The number of piperidine rings is 1. The summed E-state index contributed by atoms with van der Waals surface area (Å²) < 4.78 is 26.8. The van der Waals surface area contributed by atoms with E-state index in [2.05, 4.69) is 10.3 Å². The molecule has 0 spiro atoms. The van der Waals surface area contributed by atoms with Crippen molar-refractivity contribution in [3.63, 3.8) is 0 Å². The number of nitrogens with two attached hydrogens (primary N) is 1. The second-order valence-electron chi connectivity index (χ2n) is 4.97. The Morgan fingerprint density at radius 2 is 2.33 bits per heavy atom. The van der Waals surface area contributed by atoms with Crippen molar-refractivity contribution < 1.29 is 13.2 Å². The fraction of sp³-hybridized carbons (Fsp3) is 0.538. The van der Waals surface area contributed by atoms with Crippen molar-refractivity contribution >= 4 is 15.9 Å². The Labute approximate surface area is 124 Å². The standard InChI is InChI=1S/C13H20N4O3S/c1-15-13(18)10-4-3-7-17(9-10)21(19,20)12-5-2-6-16-11(12)8-14/h2,5-6,10H,3-4,7-9,14H2,1H3,(H,15,18). The van der Waals surface area contributed by atoms with E-state index in [9.17, 15) is 13.2 Å². The van der Waals surface area contributed by atoms with E-state index in [4.69, 9.17) is 5.73 Å². The lowest BCUT2D eigenvalue weighted by Gasteiger charge is -2.31. The highest BCUT2D eigenvalue weighted by Crippen LogP contribution is 2.25. The second-order valence-corrected chi connectivity index (χ2v) is 6.88. The Balaban J connectivity index is 2.29. The van der Waals surface area contributed by atoms with Crippen LogP contribution in [0.15, 0.2) is 23.2 Å². The van der Waals surface area contributed by atoms with Crippen LogP contribution in [0.1, 0.15) is 18.5 Å². The summed E-state index contributed by atoms with van der Waals surface area (Å²) in [6.45, 7) is 0.664. The van der Waals surface area contributed by atoms with Gasteiger partial charge >= 0.3 is 0 Å². The van der Waals surface area contributed by atoms with E-state index >= 15 is 0 Å². The minimum absolute atomic E-state index is 0.0577. The Hall–Kier alpha value is -1.51. The molecule has 8 heteroatoms. The Bertz CT molecular complexity index is 618. The predicted octanol–water partition coefficient (Wildman–Crippen LogP) is -0.313. The van der Waals surface area contributed by atoms with Crippen molar-refractivity contribution in [2.45, 2.75) is 24.3 Å². The molecule has 0 saturated carbocycles. The van der Waals surface area contributed by atoms with Gasteiger partial charge in [-0.2, -0.15) is 4.31 Å². The summed E-state index contributed by atoms with van der Waals surface area (Å²) in [5.74, 6) is -0.434. The van der Waals surface area contributed by atoms with Crippen LogP contribution in [-0.4, -0.2) is 43.8 Å². The second kappa shape index (κ2) is 6.50. The zero-order valence-corrected chi connectivity index (χ0v) is 12.8. The average Bonchev–Trinajstić information content (AvgIpc) is 2.54. The zero-order chi connectivity index (χ0) is 15.5. The van der Waals surface area contributed by atoms with Crippen LogP contribution in [0.3, 0.4) is 0 Å². The first-order valence-electron chi connectivity index (χ1n) is 6.86. The first-order chi connectivity index (χ1) is 10.0. The molecule has 7 nitrogen and oxygen atoms in total. The molecule has 1 fully saturated rings. The number of rotatable bonds is 4. The monoisotopic (exact) mass is 312 g/mol. The number of nitrogens with zero attached hydrogens (tertiary/aromatic N) is 2. The van der Waals surface area contributed by atoms with Crippen molar-refractivity contribution in [1.29, 1.82) is 0 Å². The molecule has 3 N–H and O–H groups in total. The van der Waals surface area contributed by atoms with Gasteiger partial charge in [-0.15, -0.1) is 0 Å². The molecule has 1 aromatic heterocycles. The maximum atomic E-state index is 12.7. The number of carbonyl (C=O) groups is 1. The van der Waals surface area contributed by atoms with Crippen LogP contribution in [0, 0.1) is 5.92 Å². The van der Waals surface area contributed by atoms with Gasteiger partial charge in [0.2, 0.25) is 15.9 Å². The Morgan fingerprint density at radius 1 is 1.57 bits per heavy atom. The van der Waals surface area contributed by atoms with E-state index in [1.165, 1.54) is 16.6 Å². The maximum Gasteiger partial charge on any atom is 0.244 e. The normalized spacial score (nSPS) is 20.2. The summed E-state index contributed by atoms with van der Waals surface area (Å²) in [6, 6.07) is 3.08. The van der Waals surface area contributed by atoms with Crippen LogP contribution in [0.2, 0.25) is 0 Å². The first kappa shape index (κ1) is 15.9. The van der Waals surface area contributed by atoms with E-state index < -0.39 is 10.0 Å². The number of nitrogens with one attached hydrogen (secondary N) is 1. The molecule has 0 aliphatic carbocycles. The topological polar surface area (TPSA) is 105 Å². The maximum absolute atomic E-state index is 12.7. The van der Waals surface area contributed by atoms with Crippen molar-refractivity contribution in [2.24, 2.45) is 11.7 Å². The number of carbonyl (C=O) groups excluding carboxylic acids is 1. The molecule has 1 unspecified atom stereocenters. The lowest BCUT2D eigenvalue weighted by molar-refractivity contribution is -0.125. The number of sulfonamides is 1. The van der Waals surface area contributed by atoms with Crippen LogP contribution in [-0.2, 0) is 21.4 Å². The van der Waals surface area contributed by atoms with Crippen molar-refractivity contribution in [3.05, 3.63) is 24.0 Å². The zero-order valence-electron chi connectivity index (χ0n) is 11.9. The number of hydrogen-bond donors (Lipinski definition) is 2. The highest BCUT2D eigenvalue weighted by Gasteiger charge is 2.34. The molecule has 0 bridgehead atoms. The summed E-state index contributed by atoms with van der Waals surface area (Å²) in [7, 11) is -2.11. The average molecular weight is 312 g/mol. The molecule has 116 valence electrons. The third-order valence-corrected chi connectivity index (χ3v) is 5.60. The van der Waals surface area contributed by atoms with Crippen LogP contribution in [0.5, 0.6) is 0 Å². The van der Waals surface area contributed by atoms with E-state index in [0.717, 1.165) is 0 Å². The fourth-order valence-corrected chi connectivity index (χ4v) is 4.24. The van der Waals surface area contributed by atoms with Crippen LogP contribution < -0.4 is 11.1 Å². The van der Waals surface area contributed by atoms with Gasteiger partial charge in [0.1, 0.15) is 4.90 Å². The van der Waals surface area contributed by atoms with Gasteiger partial charge in [-0.05, 0) is 25.0 Å². The van der Waals surface area contributed by atoms with Gasteiger partial charge in [-0.3, -0.25) is 9.78 Å². The highest BCUT2D eigenvalue weighted by atomic mass is 32.2. The summed E-state index contributed by atoms with van der Waals surface area (Å²) >= 11 is 0. The summed E-state index contributed by atoms with van der Waals surface area (Å²) in [5.41, 5.74) is 5.91. The van der Waals surface area contributed by atoms with Gasteiger partial charge in [0.05, 0.1) is 11.6 Å². The van der Waals surface area contributed by atoms with E-state index in [1.807, 2.05) is 0 Å². The van der Waals surface area contributed by atoms with Gasteiger partial charge in [-0.25, -0.2) is 8.42 Å². The molecule has 1 amide bonds. The third kappa shape index (κ3) is 3.22. The lowest BCUT2D eigenvalue weighted by Crippen LogP contribution is -2.45.